The molecule has 1 spiro atoms. The SMILES string of the molecule is Cc1ccc(-c2ccccc2)c(-c2ccc3c(c2)N(c2ccc(C(C)C)cc2)c2cc(C)cc4c2B3c2sc3c(c2N4c2ccc(C(C)(C)C)cc2)-c2ccc(C)cc2C32c3ccccc3-c3ccccc32)c1. The quantitative estimate of drug-likeness (QED) is 0.159. The van der Waals surface area contributed by atoms with Crippen LogP contribution in [0.1, 0.15) is 89.9 Å². The van der Waals surface area contributed by atoms with Crippen LogP contribution < -0.4 is 25.5 Å². The summed E-state index contributed by atoms with van der Waals surface area (Å²) >= 11 is 2.07. The molecule has 0 bridgehead atoms. The fourth-order valence-electron chi connectivity index (χ4n) is 13.1. The fourth-order valence-corrected chi connectivity index (χ4v) is 14.8. The third kappa shape index (κ3) is 6.29. The predicted molar refractivity (Wildman–Crippen MR) is 313 cm³/mol. The molecular formula is C69H57BN2S. The van der Waals surface area contributed by atoms with Crippen molar-refractivity contribution in [3.05, 3.63) is 244 Å². The number of hydrogen-bond acceptors (Lipinski definition) is 3. The molecule has 352 valence electrons. The number of hydrogen-bond donors (Lipinski definition) is 0. The molecule has 9 aromatic carbocycles. The van der Waals surface area contributed by atoms with Crippen LogP contribution in [0.4, 0.5) is 34.1 Å². The fraction of sp³-hybridized carbons (Fsp3) is 0.159. The topological polar surface area (TPSA) is 6.48 Å². The van der Waals surface area contributed by atoms with E-state index < -0.39 is 5.41 Å². The molecule has 0 atom stereocenters. The van der Waals surface area contributed by atoms with Crippen LogP contribution in [0.5, 0.6) is 0 Å². The van der Waals surface area contributed by atoms with Gasteiger partial charge in [-0.2, -0.15) is 0 Å². The van der Waals surface area contributed by atoms with Crippen molar-refractivity contribution in [3.8, 4) is 44.5 Å². The molecule has 0 fully saturated rings. The first-order valence-electron chi connectivity index (χ1n) is 26.1. The van der Waals surface area contributed by atoms with Gasteiger partial charge in [0.1, 0.15) is 0 Å². The number of aryl methyl sites for hydroxylation is 3. The van der Waals surface area contributed by atoms with E-state index >= 15 is 0 Å². The molecule has 14 rings (SSSR count). The summed E-state index contributed by atoms with van der Waals surface area (Å²) in [5.74, 6) is 0.428. The standard InChI is InChI=1S/C69H57BN2S/c1-41(2)45-24-29-49(30-25-45)71-60-40-47(55-36-42(3)22-33-51(55)46-16-10-9-11-17-46)26-35-59(60)70-64-61(71)38-44(5)39-62(64)72(50-31-27-48(28-32-50)68(6,7)8)65-63-54-34-23-43(4)37-58(54)69(66(63)73-67(65)70)56-20-14-12-18-52(56)53-19-13-15-21-57(53)69/h9-41H,1-8H3. The molecule has 73 heavy (non-hydrogen) atoms. The maximum atomic E-state index is 2.67. The predicted octanol–water partition coefficient (Wildman–Crippen LogP) is 16.9. The van der Waals surface area contributed by atoms with E-state index in [4.69, 9.17) is 0 Å². The highest BCUT2D eigenvalue weighted by Gasteiger charge is 2.57. The van der Waals surface area contributed by atoms with Crippen molar-refractivity contribution < 1.29 is 0 Å². The number of rotatable bonds is 5. The van der Waals surface area contributed by atoms with Crippen LogP contribution in [0, 0.1) is 20.8 Å². The molecule has 4 heteroatoms. The van der Waals surface area contributed by atoms with E-state index in [0.717, 1.165) is 0 Å². The van der Waals surface area contributed by atoms with Gasteiger partial charge in [0.15, 0.2) is 0 Å². The Bertz CT molecular complexity index is 3860. The summed E-state index contributed by atoms with van der Waals surface area (Å²) in [6, 6.07) is 74.9. The Kier molecular flexibility index (Phi) is 9.61. The van der Waals surface area contributed by atoms with Crippen molar-refractivity contribution in [2.75, 3.05) is 9.80 Å². The first-order chi connectivity index (χ1) is 35.4. The minimum atomic E-state index is -0.469. The lowest BCUT2D eigenvalue weighted by Crippen LogP contribution is -2.60. The Balaban J connectivity index is 1.10. The molecule has 4 aliphatic rings. The third-order valence-electron chi connectivity index (χ3n) is 16.6. The van der Waals surface area contributed by atoms with Crippen LogP contribution >= 0.6 is 11.3 Å². The molecule has 0 amide bonds. The smallest absolute Gasteiger partial charge is 0.264 e. The summed E-state index contributed by atoms with van der Waals surface area (Å²) in [7, 11) is 0. The molecule has 0 unspecified atom stereocenters. The van der Waals surface area contributed by atoms with Gasteiger partial charge in [-0.25, -0.2) is 0 Å². The number of anilines is 6. The number of benzene rings is 9. The van der Waals surface area contributed by atoms with Gasteiger partial charge < -0.3 is 9.80 Å². The zero-order valence-corrected chi connectivity index (χ0v) is 43.7. The largest absolute Gasteiger partial charge is 0.311 e. The average Bonchev–Trinajstić information content (AvgIpc) is 4.05. The zero-order valence-electron chi connectivity index (χ0n) is 42.9. The van der Waals surface area contributed by atoms with Crippen LogP contribution in [-0.2, 0) is 10.8 Å². The second kappa shape index (κ2) is 15.9. The van der Waals surface area contributed by atoms with Crippen LogP contribution in [0.2, 0.25) is 0 Å². The highest BCUT2D eigenvalue weighted by molar-refractivity contribution is 7.30. The minimum Gasteiger partial charge on any atom is -0.311 e. The number of fused-ring (bicyclic) bond motifs is 15. The van der Waals surface area contributed by atoms with Crippen molar-refractivity contribution in [2.24, 2.45) is 0 Å². The monoisotopic (exact) mass is 956 g/mol. The maximum Gasteiger partial charge on any atom is 0.264 e. The summed E-state index contributed by atoms with van der Waals surface area (Å²) < 4.78 is 1.40. The van der Waals surface area contributed by atoms with Crippen LogP contribution in [0.3, 0.4) is 0 Å². The Morgan fingerprint density at radius 1 is 0.479 bits per heavy atom. The summed E-state index contributed by atoms with van der Waals surface area (Å²) in [6.07, 6.45) is 0. The lowest BCUT2D eigenvalue weighted by atomic mass is 9.36. The second-order valence-corrected chi connectivity index (χ2v) is 23.5. The van der Waals surface area contributed by atoms with Crippen LogP contribution in [-0.4, -0.2) is 6.71 Å². The third-order valence-corrected chi connectivity index (χ3v) is 17.9. The van der Waals surface area contributed by atoms with Gasteiger partial charge in [0, 0.05) is 43.7 Å². The molecule has 2 aliphatic heterocycles. The van der Waals surface area contributed by atoms with Crippen molar-refractivity contribution in [3.63, 3.8) is 0 Å². The van der Waals surface area contributed by atoms with E-state index in [1.807, 2.05) is 0 Å². The second-order valence-electron chi connectivity index (χ2n) is 22.5. The maximum absolute atomic E-state index is 2.67. The van der Waals surface area contributed by atoms with Gasteiger partial charge in [0.05, 0.1) is 11.1 Å². The first kappa shape index (κ1) is 44.1. The van der Waals surface area contributed by atoms with E-state index in [0.29, 0.717) is 5.92 Å². The Morgan fingerprint density at radius 3 is 1.75 bits per heavy atom. The summed E-state index contributed by atoms with van der Waals surface area (Å²) in [6.45, 7) is 18.3. The Labute approximate surface area is 435 Å². The highest BCUT2D eigenvalue weighted by Crippen LogP contribution is 2.67. The van der Waals surface area contributed by atoms with Gasteiger partial charge in [-0.3, -0.25) is 0 Å². The molecule has 1 aromatic heterocycles. The van der Waals surface area contributed by atoms with Crippen molar-refractivity contribution in [2.45, 2.75) is 72.1 Å². The van der Waals surface area contributed by atoms with Crippen LogP contribution in [0.15, 0.2) is 194 Å². The van der Waals surface area contributed by atoms with E-state index in [1.165, 1.54) is 144 Å². The van der Waals surface area contributed by atoms with Gasteiger partial charge in [0.25, 0.3) is 6.71 Å². The van der Waals surface area contributed by atoms with E-state index in [2.05, 4.69) is 271 Å². The van der Waals surface area contributed by atoms with Crippen molar-refractivity contribution >= 4 is 67.9 Å². The lowest BCUT2D eigenvalue weighted by Gasteiger charge is -2.44. The highest BCUT2D eigenvalue weighted by atomic mass is 32.1. The Morgan fingerprint density at radius 2 is 1.08 bits per heavy atom. The van der Waals surface area contributed by atoms with Crippen molar-refractivity contribution in [1.29, 1.82) is 0 Å². The van der Waals surface area contributed by atoms with E-state index in [1.54, 1.807) is 0 Å². The van der Waals surface area contributed by atoms with E-state index in [9.17, 15) is 0 Å². The lowest BCUT2D eigenvalue weighted by molar-refractivity contribution is 0.590. The summed E-state index contributed by atoms with van der Waals surface area (Å²) in [5.41, 5.74) is 30.5. The molecular weight excluding hydrogens is 900 g/mol. The summed E-state index contributed by atoms with van der Waals surface area (Å²) in [4.78, 5) is 6.70. The molecule has 2 aliphatic carbocycles. The first-order valence-corrected chi connectivity index (χ1v) is 27.0. The Hall–Kier alpha value is -7.66. The molecule has 0 saturated carbocycles. The zero-order chi connectivity index (χ0) is 49.7. The minimum absolute atomic E-state index is 0.0176. The van der Waals surface area contributed by atoms with Gasteiger partial charge >= 0.3 is 0 Å². The molecule has 10 aromatic rings. The molecule has 3 heterocycles. The van der Waals surface area contributed by atoms with Crippen molar-refractivity contribution in [1.82, 2.24) is 0 Å². The molecule has 2 nitrogen and oxygen atoms in total. The van der Waals surface area contributed by atoms with Gasteiger partial charge in [-0.1, -0.05) is 197 Å². The van der Waals surface area contributed by atoms with Gasteiger partial charge in [0.2, 0.25) is 0 Å². The number of nitrogens with zero attached hydrogens (tertiary/aromatic N) is 2. The normalized spacial score (nSPS) is 14.2. The molecule has 0 N–H and O–H groups in total. The van der Waals surface area contributed by atoms with Gasteiger partial charge in [-0.05, 0) is 158 Å². The van der Waals surface area contributed by atoms with E-state index in [-0.39, 0.29) is 12.1 Å². The van der Waals surface area contributed by atoms with Crippen LogP contribution in [0.25, 0.3) is 44.5 Å². The molecule has 0 radical (unpaired) electrons. The summed E-state index contributed by atoms with van der Waals surface area (Å²) in [5, 5.41) is 0. The number of thiophene rings is 1. The van der Waals surface area contributed by atoms with Gasteiger partial charge in [-0.15, -0.1) is 11.3 Å². The average molecular weight is 957 g/mol. The molecule has 0 saturated heterocycles.